The largest absolute Gasteiger partial charge is 0.491 e. The molecule has 5 nitrogen and oxygen atoms in total. The molecular formula is C13H21NO4Si. The van der Waals surface area contributed by atoms with Crippen molar-refractivity contribution in [2.24, 2.45) is 0 Å². The van der Waals surface area contributed by atoms with Crippen molar-refractivity contribution in [2.45, 2.75) is 25.7 Å². The van der Waals surface area contributed by atoms with Crippen molar-refractivity contribution >= 4 is 13.8 Å². The molecule has 0 radical (unpaired) electrons. The van der Waals surface area contributed by atoms with Crippen LogP contribution in [0.5, 0.6) is 5.75 Å². The van der Waals surface area contributed by atoms with Crippen LogP contribution in [0.1, 0.15) is 5.56 Å². The van der Waals surface area contributed by atoms with Gasteiger partial charge in [-0.05, 0) is 18.2 Å². The number of benzene rings is 1. The Morgan fingerprint density at radius 3 is 2.47 bits per heavy atom. The molecule has 0 unspecified atom stereocenters. The summed E-state index contributed by atoms with van der Waals surface area (Å²) in [5.41, 5.74) is 0.945. The summed E-state index contributed by atoms with van der Waals surface area (Å²) in [5.74, 6) is 0.663. The standard InChI is InChI=1S/C13H21NO4Si/c1-17-7-8-18-12-5-6-13(14(15)16)11(9-12)10-19(2,3)4/h5-6,9H,7-8,10H2,1-4H3. The van der Waals surface area contributed by atoms with Gasteiger partial charge in [-0.1, -0.05) is 19.6 Å². The SMILES string of the molecule is COCCOc1ccc([N+](=O)[O-])c(C[Si](C)(C)C)c1. The van der Waals surface area contributed by atoms with E-state index in [4.69, 9.17) is 9.47 Å². The van der Waals surface area contributed by atoms with Crippen LogP contribution in [0, 0.1) is 10.1 Å². The molecule has 0 aromatic heterocycles. The van der Waals surface area contributed by atoms with E-state index < -0.39 is 8.07 Å². The zero-order chi connectivity index (χ0) is 14.5. The number of nitro benzene ring substituents is 1. The third-order valence-corrected chi connectivity index (χ3v) is 3.97. The Hall–Kier alpha value is -1.40. The highest BCUT2D eigenvalue weighted by Crippen LogP contribution is 2.27. The number of nitrogens with zero attached hydrogens (tertiary/aromatic N) is 1. The van der Waals surface area contributed by atoms with Crippen molar-refractivity contribution in [3.63, 3.8) is 0 Å². The lowest BCUT2D eigenvalue weighted by molar-refractivity contribution is -0.385. The Bertz CT molecular complexity index is 443. The quantitative estimate of drug-likeness (QED) is 0.334. The zero-order valence-corrected chi connectivity index (χ0v) is 12.9. The molecule has 0 spiro atoms. The Labute approximate surface area is 114 Å². The lowest BCUT2D eigenvalue weighted by Crippen LogP contribution is -2.24. The van der Waals surface area contributed by atoms with Crippen molar-refractivity contribution in [2.75, 3.05) is 20.3 Å². The van der Waals surface area contributed by atoms with E-state index in [0.717, 1.165) is 11.6 Å². The number of ether oxygens (including phenoxy) is 2. The minimum atomic E-state index is -1.42. The highest BCUT2D eigenvalue weighted by atomic mass is 28.3. The molecule has 0 fully saturated rings. The Morgan fingerprint density at radius 1 is 1.26 bits per heavy atom. The van der Waals surface area contributed by atoms with Gasteiger partial charge in [-0.15, -0.1) is 0 Å². The molecule has 1 aromatic carbocycles. The molecule has 0 amide bonds. The number of methoxy groups -OCH3 is 1. The summed E-state index contributed by atoms with van der Waals surface area (Å²) in [6, 6.07) is 5.72. The fraction of sp³-hybridized carbons (Fsp3) is 0.538. The van der Waals surface area contributed by atoms with Crippen LogP contribution in [0.2, 0.25) is 19.6 Å². The van der Waals surface area contributed by atoms with Gasteiger partial charge in [0.15, 0.2) is 0 Å². The normalized spacial score (nSPS) is 11.4. The zero-order valence-electron chi connectivity index (χ0n) is 11.9. The van der Waals surface area contributed by atoms with E-state index in [1.54, 1.807) is 19.2 Å². The summed E-state index contributed by atoms with van der Waals surface area (Å²) in [6.07, 6.45) is 0. The molecular weight excluding hydrogens is 262 g/mol. The van der Waals surface area contributed by atoms with E-state index in [1.165, 1.54) is 6.07 Å². The van der Waals surface area contributed by atoms with Crippen LogP contribution in [0.4, 0.5) is 5.69 Å². The molecule has 0 bridgehead atoms. The van der Waals surface area contributed by atoms with E-state index in [2.05, 4.69) is 19.6 Å². The average Bonchev–Trinajstić information content (AvgIpc) is 2.27. The van der Waals surface area contributed by atoms with Crippen LogP contribution in [-0.4, -0.2) is 33.3 Å². The number of nitro groups is 1. The summed E-state index contributed by atoms with van der Waals surface area (Å²) in [6.45, 7) is 7.51. The van der Waals surface area contributed by atoms with Crippen LogP contribution in [-0.2, 0) is 10.8 Å². The highest BCUT2D eigenvalue weighted by Gasteiger charge is 2.21. The number of hydrogen-bond acceptors (Lipinski definition) is 4. The fourth-order valence-corrected chi connectivity index (χ4v) is 3.21. The summed E-state index contributed by atoms with van der Waals surface area (Å²) < 4.78 is 10.4. The van der Waals surface area contributed by atoms with Gasteiger partial charge in [-0.3, -0.25) is 10.1 Å². The smallest absolute Gasteiger partial charge is 0.272 e. The predicted molar refractivity (Wildman–Crippen MR) is 77.5 cm³/mol. The van der Waals surface area contributed by atoms with E-state index in [0.29, 0.717) is 19.0 Å². The molecule has 0 heterocycles. The second kappa shape index (κ2) is 6.67. The maximum Gasteiger partial charge on any atom is 0.272 e. The molecule has 0 atom stereocenters. The first-order valence-electron chi connectivity index (χ1n) is 6.22. The van der Waals surface area contributed by atoms with Gasteiger partial charge >= 0.3 is 0 Å². The molecule has 0 saturated carbocycles. The molecule has 1 rings (SSSR count). The van der Waals surface area contributed by atoms with E-state index in [1.807, 2.05) is 0 Å². The van der Waals surface area contributed by atoms with Crippen LogP contribution < -0.4 is 4.74 Å². The van der Waals surface area contributed by atoms with E-state index in [9.17, 15) is 10.1 Å². The van der Waals surface area contributed by atoms with Gasteiger partial charge in [0.05, 0.1) is 11.5 Å². The molecule has 106 valence electrons. The van der Waals surface area contributed by atoms with Crippen molar-refractivity contribution in [3.8, 4) is 5.75 Å². The lowest BCUT2D eigenvalue weighted by atomic mass is 10.2. The molecule has 6 heteroatoms. The first-order chi connectivity index (χ1) is 8.83. The average molecular weight is 283 g/mol. The Balaban J connectivity index is 2.94. The molecule has 0 aliphatic carbocycles. The maximum atomic E-state index is 11.0. The summed E-state index contributed by atoms with van der Waals surface area (Å²) in [4.78, 5) is 10.7. The van der Waals surface area contributed by atoms with Crippen molar-refractivity contribution in [1.82, 2.24) is 0 Å². The van der Waals surface area contributed by atoms with Crippen molar-refractivity contribution < 1.29 is 14.4 Å². The van der Waals surface area contributed by atoms with Gasteiger partial charge in [-0.25, -0.2) is 0 Å². The molecule has 19 heavy (non-hydrogen) atoms. The number of hydrogen-bond donors (Lipinski definition) is 0. The minimum absolute atomic E-state index is 0.182. The van der Waals surface area contributed by atoms with Crippen LogP contribution >= 0.6 is 0 Å². The second-order valence-corrected chi connectivity index (χ2v) is 11.1. The van der Waals surface area contributed by atoms with E-state index in [-0.39, 0.29) is 10.6 Å². The number of rotatable bonds is 7. The third kappa shape index (κ3) is 5.40. The Morgan fingerprint density at radius 2 is 1.95 bits per heavy atom. The van der Waals surface area contributed by atoms with Gasteiger partial charge in [0.2, 0.25) is 0 Å². The molecule has 1 aromatic rings. The van der Waals surface area contributed by atoms with Gasteiger partial charge < -0.3 is 9.47 Å². The monoisotopic (exact) mass is 283 g/mol. The fourth-order valence-electron chi connectivity index (χ4n) is 1.79. The molecule has 0 aliphatic heterocycles. The van der Waals surface area contributed by atoms with Gasteiger partial charge in [0.1, 0.15) is 12.4 Å². The third-order valence-electron chi connectivity index (χ3n) is 2.52. The maximum absolute atomic E-state index is 11.0. The Kier molecular flexibility index (Phi) is 5.50. The summed E-state index contributed by atoms with van der Waals surface area (Å²) >= 11 is 0. The van der Waals surface area contributed by atoms with Gasteiger partial charge in [0, 0.05) is 26.8 Å². The summed E-state index contributed by atoms with van der Waals surface area (Å²) in [7, 11) is 0.186. The van der Waals surface area contributed by atoms with E-state index >= 15 is 0 Å². The van der Waals surface area contributed by atoms with Gasteiger partial charge in [-0.2, -0.15) is 0 Å². The van der Waals surface area contributed by atoms with Crippen molar-refractivity contribution in [3.05, 3.63) is 33.9 Å². The van der Waals surface area contributed by atoms with Crippen LogP contribution in [0.25, 0.3) is 0 Å². The molecule has 0 aliphatic rings. The second-order valence-electron chi connectivity index (χ2n) is 5.63. The lowest BCUT2D eigenvalue weighted by Gasteiger charge is -2.16. The van der Waals surface area contributed by atoms with Gasteiger partial charge in [0.25, 0.3) is 5.69 Å². The van der Waals surface area contributed by atoms with Crippen LogP contribution in [0.15, 0.2) is 18.2 Å². The minimum Gasteiger partial charge on any atom is -0.491 e. The first kappa shape index (κ1) is 15.7. The summed E-state index contributed by atoms with van der Waals surface area (Å²) in [5, 5.41) is 11.0. The van der Waals surface area contributed by atoms with Crippen LogP contribution in [0.3, 0.4) is 0 Å². The first-order valence-corrected chi connectivity index (χ1v) is 9.93. The topological polar surface area (TPSA) is 61.6 Å². The molecule has 0 N–H and O–H groups in total. The predicted octanol–water partition coefficient (Wildman–Crippen LogP) is 3.04. The van der Waals surface area contributed by atoms with Crippen molar-refractivity contribution in [1.29, 1.82) is 0 Å². The molecule has 0 saturated heterocycles. The highest BCUT2D eigenvalue weighted by molar-refractivity contribution is 6.75.